The van der Waals surface area contributed by atoms with Gasteiger partial charge in [0.1, 0.15) is 5.75 Å². The average molecular weight is 866 g/mol. The van der Waals surface area contributed by atoms with Crippen molar-refractivity contribution in [1.29, 1.82) is 0 Å². The molecule has 0 saturated carbocycles. The largest absolute Gasteiger partial charge is 0.497 e. The van der Waals surface area contributed by atoms with Gasteiger partial charge >= 0.3 is 0 Å². The van der Waals surface area contributed by atoms with Crippen LogP contribution in [0.1, 0.15) is 35.6 Å². The molecule has 4 aromatic carbocycles. The Morgan fingerprint density at radius 3 is 2.48 bits per heavy atom. The van der Waals surface area contributed by atoms with Gasteiger partial charge in [-0.3, -0.25) is 9.59 Å². The van der Waals surface area contributed by atoms with Gasteiger partial charge in [0.25, 0.3) is 5.91 Å². The van der Waals surface area contributed by atoms with Crippen molar-refractivity contribution in [2.24, 2.45) is 5.92 Å². The summed E-state index contributed by atoms with van der Waals surface area (Å²) in [7, 11) is -0.789. The Kier molecular flexibility index (Phi) is 9.79. The van der Waals surface area contributed by atoms with E-state index >= 15 is 4.79 Å². The first kappa shape index (κ1) is 35.4. The van der Waals surface area contributed by atoms with Gasteiger partial charge in [0.2, 0.25) is 5.91 Å². The smallest absolute Gasteiger partial charge is 0.264 e. The molecule has 0 aliphatic carbocycles. The molecule has 1 spiro atoms. The first-order chi connectivity index (χ1) is 24.0. The van der Waals surface area contributed by atoms with E-state index in [0.29, 0.717) is 19.5 Å². The molecule has 3 aliphatic heterocycles. The van der Waals surface area contributed by atoms with Crippen LogP contribution in [0.2, 0.25) is 18.6 Å². The number of halogens is 2. The van der Waals surface area contributed by atoms with Crippen molar-refractivity contribution in [2.45, 2.75) is 69.2 Å². The number of ether oxygens (including phenoxy) is 2. The van der Waals surface area contributed by atoms with Gasteiger partial charge < -0.3 is 24.4 Å². The van der Waals surface area contributed by atoms with E-state index < -0.39 is 19.8 Å². The second-order valence-corrected chi connectivity index (χ2v) is 21.2. The number of amides is 2. The Morgan fingerprint density at radius 1 is 1.04 bits per heavy atom. The number of benzene rings is 4. The van der Waals surface area contributed by atoms with Crippen molar-refractivity contribution in [1.82, 2.24) is 4.90 Å². The van der Waals surface area contributed by atoms with Gasteiger partial charge in [0, 0.05) is 26.1 Å². The summed E-state index contributed by atoms with van der Waals surface area (Å²) in [6.45, 7) is 7.55. The molecule has 5 atom stereocenters. The Labute approximate surface area is 317 Å². The maximum absolute atomic E-state index is 15.1. The molecule has 3 heterocycles. The van der Waals surface area contributed by atoms with Crippen molar-refractivity contribution in [3.63, 3.8) is 0 Å². The fourth-order valence-electron chi connectivity index (χ4n) is 8.79. The van der Waals surface area contributed by atoms with Crippen LogP contribution < -0.4 is 14.8 Å². The number of aliphatic hydroxyl groups is 1. The third-order valence-corrected chi connectivity index (χ3v) is 16.8. The van der Waals surface area contributed by atoms with Gasteiger partial charge in [-0.15, -0.1) is 0 Å². The molecule has 3 aliphatic rings. The minimum absolute atomic E-state index is 0.0621. The number of nitrogens with zero attached hydrogens (tertiary/aromatic N) is 2. The topological polar surface area (TPSA) is 79.3 Å². The zero-order valence-corrected chi connectivity index (χ0v) is 33.5. The van der Waals surface area contributed by atoms with E-state index in [0.717, 1.165) is 41.7 Å². The van der Waals surface area contributed by atoms with Crippen molar-refractivity contribution >= 4 is 69.3 Å². The monoisotopic (exact) mass is 864 g/mol. The number of carbonyl (C=O) groups excluding carboxylic acids is 2. The number of hydrogen-bond donors (Lipinski definition) is 1. The van der Waals surface area contributed by atoms with E-state index in [1.54, 1.807) is 7.11 Å². The van der Waals surface area contributed by atoms with Crippen molar-refractivity contribution < 1.29 is 24.2 Å². The lowest BCUT2D eigenvalue weighted by atomic mass is 9.82. The number of carbonyl (C=O) groups is 2. The van der Waals surface area contributed by atoms with Crippen LogP contribution in [-0.2, 0) is 39.4 Å². The molecule has 1 N–H and O–H groups in total. The second-order valence-electron chi connectivity index (χ2n) is 14.4. The van der Waals surface area contributed by atoms with Crippen LogP contribution in [0.15, 0.2) is 95.5 Å². The van der Waals surface area contributed by atoms with E-state index in [1.165, 1.54) is 5.19 Å². The fourth-order valence-corrected chi connectivity index (χ4v) is 13.8. The van der Waals surface area contributed by atoms with E-state index in [4.69, 9.17) is 9.47 Å². The summed E-state index contributed by atoms with van der Waals surface area (Å²) in [5.74, 6) is 0.402. The fraction of sp³-hybridized carbons (Fsp3) is 0.350. The summed E-state index contributed by atoms with van der Waals surface area (Å²) in [5.41, 5.74) is 3.64. The van der Waals surface area contributed by atoms with Crippen LogP contribution >= 0.6 is 38.5 Å². The molecule has 4 aromatic rings. The number of fused-ring (bicyclic) bond motifs is 3. The molecule has 50 heavy (non-hydrogen) atoms. The average Bonchev–Trinajstić information content (AvgIpc) is 3.53. The molecule has 7 nitrogen and oxygen atoms in total. The van der Waals surface area contributed by atoms with Crippen molar-refractivity contribution in [2.75, 3.05) is 18.6 Å². The highest BCUT2D eigenvalue weighted by molar-refractivity contribution is 14.1. The molecule has 1 fully saturated rings. The highest BCUT2D eigenvalue weighted by Gasteiger charge is 2.66. The van der Waals surface area contributed by atoms with Crippen molar-refractivity contribution in [3.05, 3.63) is 121 Å². The maximum Gasteiger partial charge on any atom is 0.264 e. The number of methoxy groups -OCH3 is 1. The van der Waals surface area contributed by atoms with E-state index in [2.05, 4.69) is 94.9 Å². The molecule has 0 radical (unpaired) electrons. The Hall–Kier alpha value is -3.03. The van der Waals surface area contributed by atoms with Crippen LogP contribution in [0.25, 0.3) is 0 Å². The van der Waals surface area contributed by atoms with Crippen molar-refractivity contribution in [3.8, 4) is 5.75 Å². The molecule has 0 unspecified atom stereocenters. The summed E-state index contributed by atoms with van der Waals surface area (Å²) < 4.78 is 14.7. The summed E-state index contributed by atoms with van der Waals surface area (Å²) >= 11 is 6.00. The predicted molar refractivity (Wildman–Crippen MR) is 210 cm³/mol. The van der Waals surface area contributed by atoms with Crippen LogP contribution in [0.5, 0.6) is 5.75 Å². The highest BCUT2D eigenvalue weighted by atomic mass is 127. The Bertz CT molecular complexity index is 1940. The minimum Gasteiger partial charge on any atom is -0.497 e. The third-order valence-electron chi connectivity index (χ3n) is 11.3. The number of aliphatic hydroxyl groups excluding tert-OH is 1. The lowest BCUT2D eigenvalue weighted by molar-refractivity contribution is -0.151. The van der Waals surface area contributed by atoms with Gasteiger partial charge in [-0.1, -0.05) is 89.7 Å². The highest BCUT2D eigenvalue weighted by Crippen LogP contribution is 2.60. The quantitative estimate of drug-likeness (QED) is 0.150. The standard InChI is InChI=1S/C40H42BrIN2O5Si/c1-25-38(50(3,4)33-15-13-32(48-2)14-16-33)36(21-37(46)43-23-28-10-6-5-9-27(28)19-31(43)24-45)49-40(25)34-20-29(41)12-17-35(34)44(39(40)47)22-26-8-7-11-30(42)18-26/h5-18,20,25,31,36,38,45H,19,21-24H2,1-4H3/t25-,31-,36+,38-,40+/m0/s1. The first-order valence-corrected chi connectivity index (χ1v) is 22.1. The van der Waals surface area contributed by atoms with Gasteiger partial charge in [0.05, 0.1) is 52.6 Å². The number of rotatable bonds is 8. The van der Waals surface area contributed by atoms with Crippen LogP contribution in [0.4, 0.5) is 5.69 Å². The Morgan fingerprint density at radius 2 is 1.78 bits per heavy atom. The maximum atomic E-state index is 15.1. The number of anilines is 1. The van der Waals surface area contributed by atoms with E-state index in [-0.39, 0.29) is 42.3 Å². The molecule has 0 bridgehead atoms. The van der Waals surface area contributed by atoms with E-state index in [9.17, 15) is 9.90 Å². The summed E-state index contributed by atoms with van der Waals surface area (Å²) in [4.78, 5) is 33.3. The second kappa shape index (κ2) is 13.8. The Balaban J connectivity index is 1.31. The summed E-state index contributed by atoms with van der Waals surface area (Å²) in [6, 6.07) is 30.3. The third kappa shape index (κ3) is 6.04. The molecule has 1 saturated heterocycles. The number of hydrogen-bond acceptors (Lipinski definition) is 5. The van der Waals surface area contributed by atoms with E-state index in [1.807, 2.05) is 64.4 Å². The lowest BCUT2D eigenvalue weighted by Crippen LogP contribution is -2.52. The van der Waals surface area contributed by atoms with Gasteiger partial charge in [-0.25, -0.2) is 0 Å². The molecule has 2 amide bonds. The molecule has 7 rings (SSSR count). The molecule has 10 heteroatoms. The normalized spacial score (nSPS) is 24.4. The molecule has 0 aromatic heterocycles. The van der Waals surface area contributed by atoms with Crippen LogP contribution in [-0.4, -0.2) is 55.8 Å². The van der Waals surface area contributed by atoms with Gasteiger partial charge in [-0.05, 0) is 93.7 Å². The lowest BCUT2D eigenvalue weighted by Gasteiger charge is -2.39. The van der Waals surface area contributed by atoms with Gasteiger partial charge in [-0.2, -0.15) is 0 Å². The first-order valence-electron chi connectivity index (χ1n) is 17.1. The minimum atomic E-state index is -2.45. The zero-order valence-electron chi connectivity index (χ0n) is 28.7. The summed E-state index contributed by atoms with van der Waals surface area (Å²) in [6.07, 6.45) is 0.203. The SMILES string of the molecule is COc1ccc([Si](C)(C)[C@@H]2[C@@H](CC(=O)N3Cc4ccccc4C[C@H]3CO)O[C@]3(C(=O)N(Cc4cccc(I)c4)c4ccc(Br)cc43)[C@H]2C)cc1. The summed E-state index contributed by atoms with van der Waals surface area (Å²) in [5, 5.41) is 11.6. The zero-order chi connectivity index (χ0) is 35.4. The molecular formula is C40H42BrIN2O5Si. The van der Waals surface area contributed by atoms with Crippen LogP contribution in [0, 0.1) is 9.49 Å². The van der Waals surface area contributed by atoms with Crippen LogP contribution in [0.3, 0.4) is 0 Å². The predicted octanol–water partition coefficient (Wildman–Crippen LogP) is 7.16. The molecular weight excluding hydrogens is 823 g/mol. The van der Waals surface area contributed by atoms with Gasteiger partial charge in [0.15, 0.2) is 5.60 Å². The molecule has 260 valence electrons.